The number of hydrogen-bond donors (Lipinski definition) is 2. The Bertz CT molecular complexity index is 869. The molecule has 0 aromatic heterocycles. The number of aryl methyl sites for hydroxylation is 1. The Kier molecular flexibility index (Phi) is 5.85. The molecule has 1 unspecified atom stereocenters. The molecule has 1 aliphatic heterocycles. The Hall–Kier alpha value is -2.17. The van der Waals surface area contributed by atoms with Crippen molar-refractivity contribution in [3.05, 3.63) is 71.8 Å². The maximum absolute atomic E-state index is 13.4. The molecule has 2 saturated carbocycles. The summed E-state index contributed by atoms with van der Waals surface area (Å²) in [5.41, 5.74) is 0.751. The lowest BCUT2D eigenvalue weighted by Crippen LogP contribution is -2.51. The van der Waals surface area contributed by atoms with Crippen molar-refractivity contribution in [2.75, 3.05) is 19.6 Å². The molecule has 3 fully saturated rings. The van der Waals surface area contributed by atoms with E-state index < -0.39 is 5.60 Å². The molecule has 2 N–H and O–H groups in total. The van der Waals surface area contributed by atoms with Crippen molar-refractivity contribution in [1.29, 1.82) is 0 Å². The van der Waals surface area contributed by atoms with Crippen LogP contribution < -0.4 is 5.32 Å². The van der Waals surface area contributed by atoms with Gasteiger partial charge in [0, 0.05) is 25.0 Å². The molecule has 4 nitrogen and oxygen atoms in total. The first-order valence-electron chi connectivity index (χ1n) is 12.0. The number of piperidine rings is 1. The Morgan fingerprint density at radius 1 is 0.968 bits per heavy atom. The van der Waals surface area contributed by atoms with Crippen LogP contribution in [0.4, 0.5) is 0 Å². The maximum atomic E-state index is 13.4. The highest BCUT2D eigenvalue weighted by Gasteiger charge is 2.58. The fraction of sp³-hybridized carbons (Fsp3) is 0.519. The number of fused-ring (bicyclic) bond motifs is 1. The lowest BCUT2D eigenvalue weighted by atomic mass is 9.79. The molecular weight excluding hydrogens is 384 g/mol. The summed E-state index contributed by atoms with van der Waals surface area (Å²) in [6.45, 7) is 3.26. The van der Waals surface area contributed by atoms with Crippen molar-refractivity contribution in [2.45, 2.75) is 50.2 Å². The Morgan fingerprint density at radius 3 is 2.23 bits per heavy atom. The van der Waals surface area contributed by atoms with Crippen molar-refractivity contribution in [3.63, 3.8) is 0 Å². The second-order valence-corrected chi connectivity index (χ2v) is 9.79. The molecule has 1 amide bonds. The molecule has 1 heterocycles. The third kappa shape index (κ3) is 4.16. The summed E-state index contributed by atoms with van der Waals surface area (Å²) in [5.74, 6) is 0.928. The summed E-state index contributed by atoms with van der Waals surface area (Å²) >= 11 is 0. The van der Waals surface area contributed by atoms with E-state index >= 15 is 0 Å². The molecule has 2 aromatic rings. The van der Waals surface area contributed by atoms with Gasteiger partial charge in [0.1, 0.15) is 0 Å². The largest absolute Gasteiger partial charge is 0.375 e. The minimum absolute atomic E-state index is 0.0166. The Balaban J connectivity index is 1.15. The van der Waals surface area contributed by atoms with E-state index in [2.05, 4.69) is 40.5 Å². The van der Waals surface area contributed by atoms with E-state index in [9.17, 15) is 9.90 Å². The first kappa shape index (κ1) is 20.7. The van der Waals surface area contributed by atoms with Crippen LogP contribution in [0.5, 0.6) is 0 Å². The molecule has 3 aliphatic rings. The standard InChI is InChI=1S/C27H34N2O2/c30-26(27(31,22-15-7-8-16-22)21-13-5-2-6-14-21)28-25-23-18-29(19-24(23)25)17-9-12-20-10-3-1-4-11-20/h1-6,10-11,13-14,22-25,31H,7-9,12,15-19H2,(H,28,30)/t23-,24+,25?,27-/m1/s1. The van der Waals surface area contributed by atoms with E-state index in [0.717, 1.165) is 57.3 Å². The molecule has 4 heteroatoms. The molecule has 0 spiro atoms. The van der Waals surface area contributed by atoms with Crippen LogP contribution in [0.1, 0.15) is 43.2 Å². The molecule has 31 heavy (non-hydrogen) atoms. The highest BCUT2D eigenvalue weighted by molar-refractivity contribution is 5.87. The fourth-order valence-corrected chi connectivity index (χ4v) is 6.01. The van der Waals surface area contributed by atoms with Crippen molar-refractivity contribution in [2.24, 2.45) is 17.8 Å². The van der Waals surface area contributed by atoms with Gasteiger partial charge in [-0.2, -0.15) is 0 Å². The molecular formula is C27H34N2O2. The van der Waals surface area contributed by atoms with Gasteiger partial charge in [-0.25, -0.2) is 0 Å². The summed E-state index contributed by atoms with van der Waals surface area (Å²) < 4.78 is 0. The number of carbonyl (C=O) groups excluding carboxylic acids is 1. The van der Waals surface area contributed by atoms with Gasteiger partial charge in [-0.05, 0) is 55.2 Å². The number of likely N-dealkylation sites (tertiary alicyclic amines) is 1. The minimum Gasteiger partial charge on any atom is -0.375 e. The SMILES string of the molecule is O=C(NC1[C@H]2CN(CCCc3ccccc3)C[C@@H]12)[C@@](O)(c1ccccc1)C1CCCC1. The second-order valence-electron chi connectivity index (χ2n) is 9.79. The molecule has 2 aromatic carbocycles. The monoisotopic (exact) mass is 418 g/mol. The number of amides is 1. The lowest BCUT2D eigenvalue weighted by Gasteiger charge is -2.33. The topological polar surface area (TPSA) is 52.6 Å². The summed E-state index contributed by atoms with van der Waals surface area (Å²) in [6, 6.07) is 20.5. The van der Waals surface area contributed by atoms with Gasteiger partial charge in [0.25, 0.3) is 5.91 Å². The highest BCUT2D eigenvalue weighted by Crippen LogP contribution is 2.47. The van der Waals surface area contributed by atoms with E-state index in [-0.39, 0.29) is 17.9 Å². The van der Waals surface area contributed by atoms with E-state index in [1.54, 1.807) is 0 Å². The predicted octanol–water partition coefficient (Wildman–Crippen LogP) is 3.74. The summed E-state index contributed by atoms with van der Waals surface area (Å²) in [6.07, 6.45) is 6.34. The average molecular weight is 419 g/mol. The van der Waals surface area contributed by atoms with Gasteiger partial charge in [0.05, 0.1) is 0 Å². The van der Waals surface area contributed by atoms with Crippen molar-refractivity contribution in [1.82, 2.24) is 10.2 Å². The zero-order chi connectivity index (χ0) is 21.3. The van der Waals surface area contributed by atoms with Crippen LogP contribution in [-0.2, 0) is 16.8 Å². The fourth-order valence-electron chi connectivity index (χ4n) is 6.01. The average Bonchev–Trinajstić information content (AvgIpc) is 3.22. The summed E-state index contributed by atoms with van der Waals surface area (Å²) in [5, 5.41) is 14.9. The Morgan fingerprint density at radius 2 is 1.58 bits per heavy atom. The zero-order valence-electron chi connectivity index (χ0n) is 18.2. The number of aliphatic hydroxyl groups is 1. The van der Waals surface area contributed by atoms with Crippen LogP contribution in [0.15, 0.2) is 60.7 Å². The van der Waals surface area contributed by atoms with Crippen LogP contribution >= 0.6 is 0 Å². The molecule has 0 bridgehead atoms. The smallest absolute Gasteiger partial charge is 0.257 e. The van der Waals surface area contributed by atoms with Gasteiger partial charge < -0.3 is 15.3 Å². The van der Waals surface area contributed by atoms with Crippen LogP contribution in [0, 0.1) is 17.8 Å². The molecule has 1 saturated heterocycles. The third-order valence-corrected chi connectivity index (χ3v) is 7.86. The van der Waals surface area contributed by atoms with E-state index in [4.69, 9.17) is 0 Å². The van der Waals surface area contributed by atoms with Crippen LogP contribution in [0.3, 0.4) is 0 Å². The van der Waals surface area contributed by atoms with Gasteiger partial charge in [-0.15, -0.1) is 0 Å². The highest BCUT2D eigenvalue weighted by atomic mass is 16.3. The molecule has 5 rings (SSSR count). The Labute approximate surface area is 185 Å². The van der Waals surface area contributed by atoms with Crippen molar-refractivity contribution >= 4 is 5.91 Å². The first-order valence-corrected chi connectivity index (χ1v) is 12.0. The molecule has 164 valence electrons. The predicted molar refractivity (Wildman–Crippen MR) is 122 cm³/mol. The number of nitrogens with one attached hydrogen (secondary N) is 1. The first-order chi connectivity index (χ1) is 15.2. The molecule has 0 radical (unpaired) electrons. The van der Waals surface area contributed by atoms with E-state index in [1.807, 2.05) is 30.3 Å². The number of carbonyl (C=O) groups is 1. The van der Waals surface area contributed by atoms with Crippen LogP contribution in [-0.4, -0.2) is 41.6 Å². The molecule has 2 aliphatic carbocycles. The quantitative estimate of drug-likeness (QED) is 0.687. The molecule has 4 atom stereocenters. The number of rotatable bonds is 8. The number of hydrogen-bond acceptors (Lipinski definition) is 3. The summed E-state index contributed by atoms with van der Waals surface area (Å²) in [7, 11) is 0. The minimum atomic E-state index is -1.40. The van der Waals surface area contributed by atoms with E-state index in [1.165, 1.54) is 12.0 Å². The maximum Gasteiger partial charge on any atom is 0.257 e. The number of benzene rings is 2. The van der Waals surface area contributed by atoms with Crippen molar-refractivity contribution < 1.29 is 9.90 Å². The van der Waals surface area contributed by atoms with Crippen LogP contribution in [0.25, 0.3) is 0 Å². The van der Waals surface area contributed by atoms with Gasteiger partial charge in [-0.3, -0.25) is 4.79 Å². The van der Waals surface area contributed by atoms with Gasteiger partial charge in [0.15, 0.2) is 5.60 Å². The normalized spacial score (nSPS) is 27.6. The van der Waals surface area contributed by atoms with Gasteiger partial charge in [0.2, 0.25) is 0 Å². The van der Waals surface area contributed by atoms with Gasteiger partial charge >= 0.3 is 0 Å². The number of nitrogens with zero attached hydrogens (tertiary/aromatic N) is 1. The van der Waals surface area contributed by atoms with Crippen LogP contribution in [0.2, 0.25) is 0 Å². The van der Waals surface area contributed by atoms with E-state index in [0.29, 0.717) is 11.8 Å². The third-order valence-electron chi connectivity index (χ3n) is 7.86. The summed E-state index contributed by atoms with van der Waals surface area (Å²) in [4.78, 5) is 15.9. The van der Waals surface area contributed by atoms with Gasteiger partial charge in [-0.1, -0.05) is 73.5 Å². The zero-order valence-corrected chi connectivity index (χ0v) is 18.2. The second kappa shape index (κ2) is 8.76. The lowest BCUT2D eigenvalue weighted by molar-refractivity contribution is -0.147. The van der Waals surface area contributed by atoms with Crippen molar-refractivity contribution in [3.8, 4) is 0 Å².